The third-order valence-corrected chi connectivity index (χ3v) is 8.76. The van der Waals surface area contributed by atoms with Crippen LogP contribution in [0.3, 0.4) is 0 Å². The van der Waals surface area contributed by atoms with Crippen LogP contribution in [-0.2, 0) is 23.5 Å². The molecule has 0 aliphatic heterocycles. The van der Waals surface area contributed by atoms with E-state index in [1.165, 1.54) is 18.2 Å². The summed E-state index contributed by atoms with van der Waals surface area (Å²) < 4.78 is 10.7. The lowest BCUT2D eigenvalue weighted by Crippen LogP contribution is -2.36. The van der Waals surface area contributed by atoms with Crippen LogP contribution < -0.4 is 0 Å². The van der Waals surface area contributed by atoms with Gasteiger partial charge < -0.3 is 13.9 Å². The van der Waals surface area contributed by atoms with E-state index in [-0.39, 0.29) is 11.1 Å². The molecule has 0 saturated heterocycles. The molecular weight excluding hydrogens is 541 g/mol. The Kier molecular flexibility index (Phi) is 10.1. The molecule has 0 N–H and O–H groups in total. The summed E-state index contributed by atoms with van der Waals surface area (Å²) in [5, 5.41) is 0. The van der Waals surface area contributed by atoms with Crippen molar-refractivity contribution < 1.29 is 28.3 Å². The van der Waals surface area contributed by atoms with Crippen molar-refractivity contribution in [2.75, 3.05) is 0 Å². The van der Waals surface area contributed by atoms with E-state index < -0.39 is 40.1 Å². The quantitative estimate of drug-likeness (QED) is 0.169. The Morgan fingerprint density at radius 3 is 1.73 bits per heavy atom. The van der Waals surface area contributed by atoms with Crippen molar-refractivity contribution in [2.45, 2.75) is 46.4 Å². The average molecular weight is 559 g/mol. The van der Waals surface area contributed by atoms with E-state index in [2.05, 4.69) is 0 Å². The fraction of sp³-hybridized carbons (Fsp3) is 0.471. The van der Waals surface area contributed by atoms with Gasteiger partial charge in [0.1, 0.15) is 0 Å². The molecule has 13 heteroatoms. The highest BCUT2D eigenvalue weighted by Crippen LogP contribution is 2.35. The van der Waals surface area contributed by atoms with Crippen LogP contribution in [0.25, 0.3) is 0 Å². The maximum Gasteiger partial charge on any atom is 0.361 e. The van der Waals surface area contributed by atoms with Gasteiger partial charge in [-0.3, -0.25) is 0 Å². The molecule has 1 aromatic rings. The van der Waals surface area contributed by atoms with E-state index in [9.17, 15) is 14.4 Å². The third-order valence-electron chi connectivity index (χ3n) is 4.16. The molecule has 6 nitrogen and oxygen atoms in total. The van der Waals surface area contributed by atoms with Crippen LogP contribution >= 0.6 is 69.6 Å². The molecule has 0 radical (unpaired) electrons. The molecule has 1 rings (SSSR count). The van der Waals surface area contributed by atoms with Crippen molar-refractivity contribution in [3.05, 3.63) is 35.4 Å². The number of hydrogen-bond acceptors (Lipinski definition) is 6. The van der Waals surface area contributed by atoms with Gasteiger partial charge >= 0.3 is 17.9 Å². The lowest BCUT2D eigenvalue weighted by atomic mass is 10.1. The van der Waals surface area contributed by atoms with Gasteiger partial charge in [-0.05, 0) is 24.7 Å². The Balaban J connectivity index is 3.38. The van der Waals surface area contributed by atoms with Gasteiger partial charge in [0.2, 0.25) is 0 Å². The normalized spacial score (nSPS) is 12.5. The molecule has 0 amide bonds. The minimum atomic E-state index is -2.49. The summed E-state index contributed by atoms with van der Waals surface area (Å²) >= 11 is 33.1. The molecule has 0 saturated carbocycles. The Labute approximate surface area is 205 Å². The molecule has 0 aliphatic carbocycles. The predicted octanol–water partition coefficient (Wildman–Crippen LogP) is 6.28. The second-order valence-electron chi connectivity index (χ2n) is 6.27. The molecule has 0 heterocycles. The lowest BCUT2D eigenvalue weighted by Gasteiger charge is -2.26. The monoisotopic (exact) mass is 556 g/mol. The third kappa shape index (κ3) is 7.93. The fourth-order valence-electron chi connectivity index (χ4n) is 2.04. The first-order valence-electron chi connectivity index (χ1n) is 8.52. The summed E-state index contributed by atoms with van der Waals surface area (Å²) in [6.07, 6.45) is -1.85. The van der Waals surface area contributed by atoms with Gasteiger partial charge in [0, 0.05) is 5.56 Å². The standard InChI is InChI=1S/C17H18Cl6O6Si/c1-4-30(3,5-2)29-12(24)10-8-6-7-9-11(10)13(27-14(25)16(18,19)20)28-15(26)17(21,22)23/h6-9,13H,4-5H2,1-3H3. The smallest absolute Gasteiger partial charge is 0.361 e. The second kappa shape index (κ2) is 10.9. The Hall–Kier alpha value is -0.413. The summed E-state index contributed by atoms with van der Waals surface area (Å²) in [4.78, 5) is 37.0. The minimum Gasteiger partial charge on any atom is -0.516 e. The molecule has 0 unspecified atom stereocenters. The van der Waals surface area contributed by atoms with Crippen molar-refractivity contribution >= 4 is 95.8 Å². The zero-order valence-electron chi connectivity index (χ0n) is 16.0. The zero-order chi connectivity index (χ0) is 23.3. The molecule has 0 spiro atoms. The lowest BCUT2D eigenvalue weighted by molar-refractivity contribution is -0.188. The van der Waals surface area contributed by atoms with Crippen LogP contribution in [0.2, 0.25) is 18.6 Å². The molecule has 30 heavy (non-hydrogen) atoms. The SMILES string of the molecule is CC[Si](C)(CC)OC(=O)c1ccccc1C(OC(=O)C(Cl)(Cl)Cl)OC(=O)C(Cl)(Cl)Cl. The number of esters is 2. The molecule has 0 fully saturated rings. The van der Waals surface area contributed by atoms with Gasteiger partial charge in [-0.2, -0.15) is 0 Å². The molecule has 168 valence electrons. The van der Waals surface area contributed by atoms with Crippen LogP contribution in [-0.4, -0.2) is 33.8 Å². The fourth-order valence-corrected chi connectivity index (χ4v) is 3.65. The summed E-state index contributed by atoms with van der Waals surface area (Å²) in [6.45, 7) is 5.74. The Morgan fingerprint density at radius 1 is 0.900 bits per heavy atom. The topological polar surface area (TPSA) is 78.9 Å². The van der Waals surface area contributed by atoms with Crippen molar-refractivity contribution in [2.24, 2.45) is 0 Å². The molecule has 1 aromatic carbocycles. The molecule has 0 aliphatic rings. The summed E-state index contributed by atoms with van der Waals surface area (Å²) in [7, 11) is -2.32. The Morgan fingerprint density at radius 2 is 1.33 bits per heavy atom. The van der Waals surface area contributed by atoms with Crippen molar-refractivity contribution in [1.82, 2.24) is 0 Å². The van der Waals surface area contributed by atoms with Crippen molar-refractivity contribution in [3.8, 4) is 0 Å². The summed E-state index contributed by atoms with van der Waals surface area (Å²) in [5.74, 6) is -3.44. The largest absolute Gasteiger partial charge is 0.516 e. The van der Waals surface area contributed by atoms with E-state index in [0.717, 1.165) is 0 Å². The minimum absolute atomic E-state index is 0.0302. The molecule has 0 aromatic heterocycles. The first-order chi connectivity index (χ1) is 13.6. The molecular formula is C17H18Cl6O6Si. The highest BCUT2D eigenvalue weighted by molar-refractivity contribution is 6.76. The number of rotatable bonds is 7. The van der Waals surface area contributed by atoms with Gasteiger partial charge in [0.15, 0.2) is 0 Å². The van der Waals surface area contributed by atoms with Gasteiger partial charge in [-0.1, -0.05) is 102 Å². The van der Waals surface area contributed by atoms with Crippen LogP contribution in [0.4, 0.5) is 0 Å². The number of benzene rings is 1. The number of carbonyl (C=O) groups excluding carboxylic acids is 3. The maximum atomic E-state index is 12.8. The van der Waals surface area contributed by atoms with Crippen LogP contribution in [0.15, 0.2) is 24.3 Å². The molecule has 0 bridgehead atoms. The highest BCUT2D eigenvalue weighted by Gasteiger charge is 2.41. The highest BCUT2D eigenvalue weighted by atomic mass is 35.6. The summed E-state index contributed by atoms with van der Waals surface area (Å²) in [5.41, 5.74) is -0.0892. The average Bonchev–Trinajstić information content (AvgIpc) is 2.65. The van der Waals surface area contributed by atoms with Crippen molar-refractivity contribution in [1.29, 1.82) is 0 Å². The van der Waals surface area contributed by atoms with E-state index in [1.807, 2.05) is 20.4 Å². The van der Waals surface area contributed by atoms with Gasteiger partial charge in [0.25, 0.3) is 22.2 Å². The number of carbonyl (C=O) groups is 3. The van der Waals surface area contributed by atoms with E-state index in [1.54, 1.807) is 6.07 Å². The van der Waals surface area contributed by atoms with Crippen LogP contribution in [0, 0.1) is 0 Å². The van der Waals surface area contributed by atoms with Crippen LogP contribution in [0.5, 0.6) is 0 Å². The van der Waals surface area contributed by atoms with E-state index in [0.29, 0.717) is 12.1 Å². The van der Waals surface area contributed by atoms with Crippen LogP contribution in [0.1, 0.15) is 36.1 Å². The number of hydrogen-bond donors (Lipinski definition) is 0. The number of alkyl halides is 6. The second-order valence-corrected chi connectivity index (χ2v) is 15.4. The molecule has 0 atom stereocenters. The van der Waals surface area contributed by atoms with Gasteiger partial charge in [-0.15, -0.1) is 0 Å². The van der Waals surface area contributed by atoms with Gasteiger partial charge in [-0.25, -0.2) is 14.4 Å². The Bertz CT molecular complexity index is 760. The maximum absolute atomic E-state index is 12.8. The van der Waals surface area contributed by atoms with Crippen molar-refractivity contribution in [3.63, 3.8) is 0 Å². The number of ether oxygens (including phenoxy) is 2. The predicted molar refractivity (Wildman–Crippen MR) is 120 cm³/mol. The van der Waals surface area contributed by atoms with Gasteiger partial charge in [0.05, 0.1) is 5.56 Å². The number of halogens is 6. The zero-order valence-corrected chi connectivity index (χ0v) is 21.6. The first-order valence-corrected chi connectivity index (χ1v) is 13.6. The van der Waals surface area contributed by atoms with E-state index in [4.69, 9.17) is 83.5 Å². The first kappa shape index (κ1) is 27.6. The van der Waals surface area contributed by atoms with E-state index >= 15 is 0 Å². The summed E-state index contributed by atoms with van der Waals surface area (Å²) in [6, 6.07) is 7.17.